The summed E-state index contributed by atoms with van der Waals surface area (Å²) in [4.78, 5) is 2.50. The van der Waals surface area contributed by atoms with Gasteiger partial charge >= 0.3 is 0 Å². The molecule has 0 aliphatic heterocycles. The number of nitrogens with zero attached hydrogens (tertiary/aromatic N) is 1. The van der Waals surface area contributed by atoms with Gasteiger partial charge in [0.15, 0.2) is 0 Å². The van der Waals surface area contributed by atoms with Crippen LogP contribution in [0.15, 0.2) is 30.3 Å². The molecule has 1 unspecified atom stereocenters. The Kier molecular flexibility index (Phi) is 6.30. The van der Waals surface area contributed by atoms with Gasteiger partial charge in [0.25, 0.3) is 0 Å². The van der Waals surface area contributed by atoms with Gasteiger partial charge in [0.05, 0.1) is 0 Å². The van der Waals surface area contributed by atoms with Crippen molar-refractivity contribution in [3.8, 4) is 5.75 Å². The molecule has 1 atom stereocenters. The van der Waals surface area contributed by atoms with Crippen LogP contribution >= 0.6 is 0 Å². The van der Waals surface area contributed by atoms with Crippen LogP contribution in [0, 0.1) is 0 Å². The molecule has 112 valence electrons. The van der Waals surface area contributed by atoms with E-state index in [-0.39, 0.29) is 0 Å². The van der Waals surface area contributed by atoms with Crippen molar-refractivity contribution in [3.63, 3.8) is 0 Å². The van der Waals surface area contributed by atoms with Crippen molar-refractivity contribution in [2.75, 3.05) is 32.8 Å². The number of hydrogen-bond acceptors (Lipinski definition) is 4. The molecular formula is C16H26N2O2. The van der Waals surface area contributed by atoms with Gasteiger partial charge in [-0.25, -0.2) is 0 Å². The molecule has 2 N–H and O–H groups in total. The third-order valence-corrected chi connectivity index (χ3v) is 3.61. The van der Waals surface area contributed by atoms with Crippen LogP contribution in [-0.2, 0) is 0 Å². The number of para-hydroxylation sites is 1. The Hall–Kier alpha value is -1.10. The van der Waals surface area contributed by atoms with E-state index in [0.29, 0.717) is 13.2 Å². The largest absolute Gasteiger partial charge is 0.491 e. The molecule has 0 radical (unpaired) electrons. The maximum absolute atomic E-state index is 9.85. The highest BCUT2D eigenvalue weighted by molar-refractivity contribution is 5.20. The number of benzene rings is 1. The van der Waals surface area contributed by atoms with Gasteiger partial charge in [0.1, 0.15) is 18.5 Å². The lowest BCUT2D eigenvalue weighted by Crippen LogP contribution is -2.38. The van der Waals surface area contributed by atoms with Gasteiger partial charge in [-0.05, 0) is 31.5 Å². The first-order valence-corrected chi connectivity index (χ1v) is 7.60. The molecule has 1 aliphatic rings. The Balaban J connectivity index is 1.52. The normalized spacial score (nSPS) is 16.4. The average molecular weight is 278 g/mol. The lowest BCUT2D eigenvalue weighted by molar-refractivity contribution is 0.105. The van der Waals surface area contributed by atoms with Gasteiger partial charge in [-0.3, -0.25) is 4.90 Å². The highest BCUT2D eigenvalue weighted by Gasteiger charge is 2.26. The summed E-state index contributed by atoms with van der Waals surface area (Å²) >= 11 is 0. The standard InChI is InChI=1S/C16H26N2O2/c1-2-18(14-8-9-14)11-10-17-12-15(19)13-20-16-6-4-3-5-7-16/h3-7,14-15,17,19H,2,8-13H2,1H3. The molecule has 20 heavy (non-hydrogen) atoms. The van der Waals surface area contributed by atoms with Crippen LogP contribution < -0.4 is 10.1 Å². The minimum Gasteiger partial charge on any atom is -0.491 e. The molecule has 0 spiro atoms. The molecule has 1 aromatic rings. The average Bonchev–Trinajstić information content (AvgIpc) is 3.31. The van der Waals surface area contributed by atoms with Crippen molar-refractivity contribution < 1.29 is 9.84 Å². The van der Waals surface area contributed by atoms with Gasteiger partial charge < -0.3 is 15.2 Å². The zero-order valence-electron chi connectivity index (χ0n) is 12.3. The number of aliphatic hydroxyl groups is 1. The molecule has 0 amide bonds. The molecule has 4 heteroatoms. The Morgan fingerprint density at radius 1 is 1.35 bits per heavy atom. The van der Waals surface area contributed by atoms with E-state index in [9.17, 15) is 5.11 Å². The van der Waals surface area contributed by atoms with Gasteiger partial charge in [0.2, 0.25) is 0 Å². The van der Waals surface area contributed by atoms with E-state index in [1.54, 1.807) is 0 Å². The van der Waals surface area contributed by atoms with Gasteiger partial charge in [-0.1, -0.05) is 25.1 Å². The highest BCUT2D eigenvalue weighted by Crippen LogP contribution is 2.25. The first-order chi connectivity index (χ1) is 9.79. The molecule has 0 bridgehead atoms. The number of likely N-dealkylation sites (N-methyl/N-ethyl adjacent to an activating group) is 1. The summed E-state index contributed by atoms with van der Waals surface area (Å²) in [6.07, 6.45) is 2.23. The number of hydrogen-bond donors (Lipinski definition) is 2. The third kappa shape index (κ3) is 5.49. The third-order valence-electron chi connectivity index (χ3n) is 3.61. The molecular weight excluding hydrogens is 252 g/mol. The summed E-state index contributed by atoms with van der Waals surface area (Å²) in [7, 11) is 0. The van der Waals surface area contributed by atoms with Crippen LogP contribution in [-0.4, -0.2) is 54.9 Å². The predicted octanol–water partition coefficient (Wildman–Crippen LogP) is 1.50. The number of aliphatic hydroxyl groups excluding tert-OH is 1. The molecule has 0 heterocycles. The van der Waals surface area contributed by atoms with E-state index in [1.165, 1.54) is 12.8 Å². The molecule has 1 fully saturated rings. The van der Waals surface area contributed by atoms with Gasteiger partial charge in [-0.15, -0.1) is 0 Å². The van der Waals surface area contributed by atoms with Crippen LogP contribution in [0.2, 0.25) is 0 Å². The second-order valence-electron chi connectivity index (χ2n) is 5.34. The Labute approximate surface area is 121 Å². The number of rotatable bonds is 10. The summed E-state index contributed by atoms with van der Waals surface area (Å²) in [6.45, 7) is 6.22. The van der Waals surface area contributed by atoms with Crippen LogP contribution in [0.3, 0.4) is 0 Å². The Morgan fingerprint density at radius 2 is 2.10 bits per heavy atom. The molecule has 2 rings (SSSR count). The van der Waals surface area contributed by atoms with Crippen LogP contribution in [0.25, 0.3) is 0 Å². The summed E-state index contributed by atoms with van der Waals surface area (Å²) in [5.74, 6) is 0.803. The van der Waals surface area contributed by atoms with Crippen LogP contribution in [0.4, 0.5) is 0 Å². The van der Waals surface area contributed by atoms with Crippen molar-refractivity contribution in [2.45, 2.75) is 31.9 Å². The minimum atomic E-state index is -0.466. The maximum atomic E-state index is 9.85. The summed E-state index contributed by atoms with van der Waals surface area (Å²) < 4.78 is 5.51. The van der Waals surface area contributed by atoms with Crippen molar-refractivity contribution >= 4 is 0 Å². The molecule has 1 saturated carbocycles. The molecule has 1 aromatic carbocycles. The highest BCUT2D eigenvalue weighted by atomic mass is 16.5. The van der Waals surface area contributed by atoms with Crippen molar-refractivity contribution in [1.82, 2.24) is 10.2 Å². The zero-order valence-corrected chi connectivity index (χ0v) is 12.3. The predicted molar refractivity (Wildman–Crippen MR) is 81.1 cm³/mol. The first-order valence-electron chi connectivity index (χ1n) is 7.60. The summed E-state index contributed by atoms with van der Waals surface area (Å²) in [6, 6.07) is 10.4. The van der Waals surface area contributed by atoms with Crippen LogP contribution in [0.5, 0.6) is 5.75 Å². The van der Waals surface area contributed by atoms with Crippen molar-refractivity contribution in [1.29, 1.82) is 0 Å². The smallest absolute Gasteiger partial charge is 0.119 e. The summed E-state index contributed by atoms with van der Waals surface area (Å²) in [5.41, 5.74) is 0. The fourth-order valence-corrected chi connectivity index (χ4v) is 2.30. The lowest BCUT2D eigenvalue weighted by atomic mass is 10.3. The monoisotopic (exact) mass is 278 g/mol. The van der Waals surface area contributed by atoms with E-state index in [0.717, 1.165) is 31.4 Å². The minimum absolute atomic E-state index is 0.330. The fourth-order valence-electron chi connectivity index (χ4n) is 2.30. The first kappa shape index (κ1) is 15.3. The number of nitrogens with one attached hydrogen (secondary N) is 1. The quantitative estimate of drug-likeness (QED) is 0.637. The van der Waals surface area contributed by atoms with Crippen molar-refractivity contribution in [2.24, 2.45) is 0 Å². The topological polar surface area (TPSA) is 44.7 Å². The SMILES string of the molecule is CCN(CCNCC(O)COc1ccccc1)C1CC1. The fraction of sp³-hybridized carbons (Fsp3) is 0.625. The number of ether oxygens (including phenoxy) is 1. The van der Waals surface area contributed by atoms with E-state index in [2.05, 4.69) is 17.1 Å². The van der Waals surface area contributed by atoms with Crippen molar-refractivity contribution in [3.05, 3.63) is 30.3 Å². The second kappa shape index (κ2) is 8.25. The van der Waals surface area contributed by atoms with Crippen LogP contribution in [0.1, 0.15) is 19.8 Å². The molecule has 4 nitrogen and oxygen atoms in total. The van der Waals surface area contributed by atoms with E-state index < -0.39 is 6.10 Å². The van der Waals surface area contributed by atoms with Gasteiger partial charge in [0, 0.05) is 25.7 Å². The Bertz CT molecular complexity index is 368. The van der Waals surface area contributed by atoms with E-state index in [1.807, 2.05) is 30.3 Å². The second-order valence-corrected chi connectivity index (χ2v) is 5.34. The molecule has 1 aliphatic carbocycles. The van der Waals surface area contributed by atoms with E-state index >= 15 is 0 Å². The lowest BCUT2D eigenvalue weighted by Gasteiger charge is -2.20. The molecule has 0 saturated heterocycles. The Morgan fingerprint density at radius 3 is 2.75 bits per heavy atom. The van der Waals surface area contributed by atoms with E-state index in [4.69, 9.17) is 4.74 Å². The summed E-state index contributed by atoms with van der Waals surface area (Å²) in [5, 5.41) is 13.2. The van der Waals surface area contributed by atoms with Gasteiger partial charge in [-0.2, -0.15) is 0 Å². The zero-order chi connectivity index (χ0) is 14.2. The molecule has 0 aromatic heterocycles. The maximum Gasteiger partial charge on any atom is 0.119 e.